The van der Waals surface area contributed by atoms with Crippen LogP contribution in [-0.4, -0.2) is 49.6 Å². The Labute approximate surface area is 152 Å². The fourth-order valence-corrected chi connectivity index (χ4v) is 3.99. The van der Waals surface area contributed by atoms with Gasteiger partial charge in [-0.1, -0.05) is 32.9 Å². The molecule has 0 spiro atoms. The van der Waals surface area contributed by atoms with E-state index in [1.807, 2.05) is 25.7 Å². The maximum Gasteiger partial charge on any atom is 0.232 e. The molecule has 1 saturated heterocycles. The molecule has 0 saturated carbocycles. The number of nitrogens with zero attached hydrogens (tertiary/aromatic N) is 2. The maximum absolute atomic E-state index is 12.8. The van der Waals surface area contributed by atoms with E-state index < -0.39 is 0 Å². The Balaban J connectivity index is 1.74. The summed E-state index contributed by atoms with van der Waals surface area (Å²) in [6.45, 7) is 13.7. The molecule has 2 heterocycles. The largest absolute Gasteiger partial charge is 0.314 e. The number of aryl methyl sites for hydroxylation is 1. The molecule has 4 heteroatoms. The molecule has 1 aromatic carbocycles. The smallest absolute Gasteiger partial charge is 0.232 e. The highest BCUT2D eigenvalue weighted by atomic mass is 16.2. The third-order valence-corrected chi connectivity index (χ3v) is 5.46. The molecule has 4 nitrogen and oxygen atoms in total. The number of hydrogen-bond acceptors (Lipinski definition) is 3. The first-order valence-corrected chi connectivity index (χ1v) is 9.75. The summed E-state index contributed by atoms with van der Waals surface area (Å²) in [4.78, 5) is 17.3. The normalized spacial score (nSPS) is 20.2. The number of rotatable bonds is 3. The van der Waals surface area contributed by atoms with Crippen LogP contribution in [0.3, 0.4) is 0 Å². The number of benzene rings is 1. The summed E-state index contributed by atoms with van der Waals surface area (Å²) in [5.41, 5.74) is 3.54. The summed E-state index contributed by atoms with van der Waals surface area (Å²) in [5, 5.41) is 3.42. The van der Waals surface area contributed by atoms with Crippen molar-refractivity contribution in [1.29, 1.82) is 0 Å². The second kappa shape index (κ2) is 7.46. The van der Waals surface area contributed by atoms with Gasteiger partial charge < -0.3 is 10.2 Å². The van der Waals surface area contributed by atoms with Crippen LogP contribution in [0.25, 0.3) is 0 Å². The number of fused-ring (bicyclic) bond motifs is 1. The van der Waals surface area contributed by atoms with E-state index in [4.69, 9.17) is 0 Å². The van der Waals surface area contributed by atoms with Gasteiger partial charge in [-0.3, -0.25) is 9.69 Å². The molecule has 1 amide bonds. The van der Waals surface area contributed by atoms with Gasteiger partial charge in [0.1, 0.15) is 0 Å². The van der Waals surface area contributed by atoms with E-state index in [0.717, 1.165) is 57.7 Å². The highest BCUT2D eigenvalue weighted by molar-refractivity contribution is 5.98. The van der Waals surface area contributed by atoms with Crippen molar-refractivity contribution in [3.63, 3.8) is 0 Å². The minimum absolute atomic E-state index is 0.232. The second-order valence-electron chi connectivity index (χ2n) is 8.61. The lowest BCUT2D eigenvalue weighted by atomic mass is 9.91. The summed E-state index contributed by atoms with van der Waals surface area (Å²) >= 11 is 0. The summed E-state index contributed by atoms with van der Waals surface area (Å²) in [7, 11) is 0. The molecule has 1 atom stereocenters. The first-order valence-electron chi connectivity index (χ1n) is 9.75. The van der Waals surface area contributed by atoms with Crippen LogP contribution in [0.5, 0.6) is 0 Å². The number of hydrogen-bond donors (Lipinski definition) is 1. The molecule has 0 aliphatic carbocycles. The van der Waals surface area contributed by atoms with E-state index in [9.17, 15) is 4.79 Å². The molecule has 2 aliphatic heterocycles. The molecule has 3 rings (SSSR count). The molecule has 1 fully saturated rings. The van der Waals surface area contributed by atoms with Crippen LogP contribution in [0, 0.1) is 5.41 Å². The number of carbonyl (C=O) groups excluding carboxylic acids is 1. The van der Waals surface area contributed by atoms with Crippen molar-refractivity contribution in [3.8, 4) is 0 Å². The van der Waals surface area contributed by atoms with Gasteiger partial charge in [-0.25, -0.2) is 0 Å². The quantitative estimate of drug-likeness (QED) is 0.917. The zero-order valence-corrected chi connectivity index (χ0v) is 16.3. The second-order valence-corrected chi connectivity index (χ2v) is 8.61. The Bertz CT molecular complexity index is 614. The lowest BCUT2D eigenvalue weighted by Gasteiger charge is -2.35. The predicted octanol–water partition coefficient (Wildman–Crippen LogP) is 2.85. The van der Waals surface area contributed by atoms with E-state index in [1.54, 1.807) is 0 Å². The lowest BCUT2D eigenvalue weighted by Crippen LogP contribution is -2.48. The van der Waals surface area contributed by atoms with Gasteiger partial charge in [-0.15, -0.1) is 0 Å². The number of piperazine rings is 1. The van der Waals surface area contributed by atoms with Crippen LogP contribution in [0.15, 0.2) is 18.2 Å². The van der Waals surface area contributed by atoms with Crippen molar-refractivity contribution < 1.29 is 4.79 Å². The van der Waals surface area contributed by atoms with Crippen LogP contribution in [-0.2, 0) is 17.6 Å². The highest BCUT2D eigenvalue weighted by Gasteiger charge is 2.31. The van der Waals surface area contributed by atoms with Crippen LogP contribution in [0.1, 0.15) is 45.2 Å². The molecule has 2 aliphatic rings. The Kier molecular flexibility index (Phi) is 5.49. The molecular formula is C21H33N3O. The van der Waals surface area contributed by atoms with E-state index in [-0.39, 0.29) is 11.3 Å². The van der Waals surface area contributed by atoms with E-state index in [2.05, 4.69) is 35.3 Å². The Morgan fingerprint density at radius 1 is 1.20 bits per heavy atom. The number of anilines is 1. The molecule has 0 aromatic heterocycles. The summed E-state index contributed by atoms with van der Waals surface area (Å²) in [5.74, 6) is 0.232. The van der Waals surface area contributed by atoms with Gasteiger partial charge in [0.25, 0.3) is 0 Å². The number of carbonyl (C=O) groups is 1. The predicted molar refractivity (Wildman–Crippen MR) is 104 cm³/mol. The number of amides is 1. The molecule has 25 heavy (non-hydrogen) atoms. The van der Waals surface area contributed by atoms with E-state index in [0.29, 0.717) is 6.04 Å². The van der Waals surface area contributed by atoms with Gasteiger partial charge in [-0.2, -0.15) is 0 Å². The van der Waals surface area contributed by atoms with Crippen LogP contribution >= 0.6 is 0 Å². The van der Waals surface area contributed by atoms with Gasteiger partial charge in [0.15, 0.2) is 0 Å². The SMILES string of the molecule is CC(Cc1ccc2c(c1)CCCN2C(=O)C(C)(C)C)N1CCNCC1. The Morgan fingerprint density at radius 3 is 2.60 bits per heavy atom. The van der Waals surface area contributed by atoms with Gasteiger partial charge in [0.05, 0.1) is 0 Å². The van der Waals surface area contributed by atoms with Crippen molar-refractivity contribution in [3.05, 3.63) is 29.3 Å². The van der Waals surface area contributed by atoms with Gasteiger partial charge in [-0.05, 0) is 43.4 Å². The molecule has 0 radical (unpaired) electrons. The minimum Gasteiger partial charge on any atom is -0.314 e. The average molecular weight is 344 g/mol. The number of nitrogens with one attached hydrogen (secondary N) is 1. The van der Waals surface area contributed by atoms with Crippen LogP contribution in [0.2, 0.25) is 0 Å². The van der Waals surface area contributed by atoms with Crippen molar-refractivity contribution >= 4 is 11.6 Å². The molecule has 138 valence electrons. The van der Waals surface area contributed by atoms with Crippen molar-refractivity contribution in [2.24, 2.45) is 5.41 Å². The fraction of sp³-hybridized carbons (Fsp3) is 0.667. The van der Waals surface area contributed by atoms with Crippen molar-refractivity contribution in [1.82, 2.24) is 10.2 Å². The topological polar surface area (TPSA) is 35.6 Å². The molecule has 0 bridgehead atoms. The average Bonchev–Trinajstić information content (AvgIpc) is 2.60. The Hall–Kier alpha value is -1.39. The zero-order chi connectivity index (χ0) is 18.0. The summed E-state index contributed by atoms with van der Waals surface area (Å²) in [6.07, 6.45) is 3.23. The molecule has 1 N–H and O–H groups in total. The van der Waals surface area contributed by atoms with Gasteiger partial charge in [0.2, 0.25) is 5.91 Å². The monoisotopic (exact) mass is 343 g/mol. The minimum atomic E-state index is -0.329. The first-order chi connectivity index (χ1) is 11.9. The maximum atomic E-state index is 12.8. The first kappa shape index (κ1) is 18.4. The van der Waals surface area contributed by atoms with Crippen LogP contribution < -0.4 is 10.2 Å². The summed E-state index contributed by atoms with van der Waals surface area (Å²) in [6, 6.07) is 7.32. The van der Waals surface area contributed by atoms with Crippen molar-refractivity contribution in [2.45, 2.75) is 53.0 Å². The zero-order valence-electron chi connectivity index (χ0n) is 16.3. The lowest BCUT2D eigenvalue weighted by molar-refractivity contribution is -0.125. The molecule has 1 aromatic rings. The third kappa shape index (κ3) is 4.24. The summed E-state index contributed by atoms with van der Waals surface area (Å²) < 4.78 is 0. The fourth-order valence-electron chi connectivity index (χ4n) is 3.99. The van der Waals surface area contributed by atoms with Gasteiger partial charge >= 0.3 is 0 Å². The van der Waals surface area contributed by atoms with E-state index in [1.165, 1.54) is 11.1 Å². The van der Waals surface area contributed by atoms with Gasteiger partial charge in [0, 0.05) is 49.9 Å². The molecule has 1 unspecified atom stereocenters. The van der Waals surface area contributed by atoms with Crippen LogP contribution in [0.4, 0.5) is 5.69 Å². The van der Waals surface area contributed by atoms with E-state index >= 15 is 0 Å². The molecular weight excluding hydrogens is 310 g/mol. The standard InChI is InChI=1S/C21H33N3O/c1-16(23-12-9-22-10-13-23)14-17-7-8-19-18(15-17)6-5-11-24(19)20(25)21(2,3)4/h7-8,15-16,22H,5-6,9-14H2,1-4H3. The highest BCUT2D eigenvalue weighted by Crippen LogP contribution is 2.32. The Morgan fingerprint density at radius 2 is 1.92 bits per heavy atom. The third-order valence-electron chi connectivity index (χ3n) is 5.46. The van der Waals surface area contributed by atoms with Crippen molar-refractivity contribution in [2.75, 3.05) is 37.6 Å².